The van der Waals surface area contributed by atoms with Gasteiger partial charge in [-0.1, -0.05) is 0 Å². The van der Waals surface area contributed by atoms with Gasteiger partial charge in [-0.05, 0) is 25.1 Å². The smallest absolute Gasteiger partial charge is 0.194 e. The highest BCUT2D eigenvalue weighted by molar-refractivity contribution is 5.73. The summed E-state index contributed by atoms with van der Waals surface area (Å²) in [4.78, 5) is 18.4. The van der Waals surface area contributed by atoms with E-state index in [1.165, 1.54) is 6.07 Å². The first-order chi connectivity index (χ1) is 8.51. The number of hydrogen-bond donors (Lipinski definition) is 0. The van der Waals surface area contributed by atoms with Gasteiger partial charge < -0.3 is 0 Å². The molecule has 0 unspecified atom stereocenters. The highest BCUT2D eigenvalue weighted by Gasteiger charge is 2.13. The summed E-state index contributed by atoms with van der Waals surface area (Å²) in [6.45, 7) is 1.61. The van der Waals surface area contributed by atoms with Crippen molar-refractivity contribution < 1.29 is 18.0 Å². The average Bonchev–Trinajstić information content (AvgIpc) is 2.34. The van der Waals surface area contributed by atoms with E-state index in [2.05, 4.69) is 9.97 Å². The van der Waals surface area contributed by atoms with Crippen molar-refractivity contribution in [2.45, 2.75) is 6.92 Å². The number of aromatic nitrogens is 2. The van der Waals surface area contributed by atoms with E-state index >= 15 is 0 Å². The average molecular weight is 252 g/mol. The number of hydrogen-bond acceptors (Lipinski definition) is 3. The summed E-state index contributed by atoms with van der Waals surface area (Å²) in [6, 6.07) is 2.98. The van der Waals surface area contributed by atoms with Gasteiger partial charge in [0, 0.05) is 11.3 Å². The Morgan fingerprint density at radius 3 is 2.22 bits per heavy atom. The van der Waals surface area contributed by atoms with Gasteiger partial charge in [-0.2, -0.15) is 0 Å². The van der Waals surface area contributed by atoms with Crippen LogP contribution in [0.5, 0.6) is 0 Å². The van der Waals surface area contributed by atoms with E-state index in [4.69, 9.17) is 0 Å². The van der Waals surface area contributed by atoms with Gasteiger partial charge in [0.25, 0.3) is 0 Å². The molecular formula is C12H7F3N2O. The number of aryl methyl sites for hydroxylation is 1. The van der Waals surface area contributed by atoms with E-state index in [0.29, 0.717) is 12.0 Å². The molecule has 1 aromatic heterocycles. The van der Waals surface area contributed by atoms with Crippen molar-refractivity contribution in [2.75, 3.05) is 0 Å². The lowest BCUT2D eigenvalue weighted by atomic mass is 10.2. The molecule has 0 saturated heterocycles. The first-order valence-corrected chi connectivity index (χ1v) is 4.97. The van der Waals surface area contributed by atoms with E-state index in [0.717, 1.165) is 12.1 Å². The van der Waals surface area contributed by atoms with Gasteiger partial charge in [0.15, 0.2) is 29.6 Å². The summed E-state index contributed by atoms with van der Waals surface area (Å²) in [6.07, 6.45) is 0.494. The highest BCUT2D eigenvalue weighted by atomic mass is 19.2. The number of rotatable bonds is 2. The minimum Gasteiger partial charge on any atom is -0.296 e. The maximum Gasteiger partial charge on any atom is 0.194 e. The Morgan fingerprint density at radius 2 is 1.67 bits per heavy atom. The van der Waals surface area contributed by atoms with E-state index < -0.39 is 17.5 Å². The Hall–Kier alpha value is -2.24. The zero-order chi connectivity index (χ0) is 13.3. The Balaban J connectivity index is 2.61. The van der Waals surface area contributed by atoms with Crippen LogP contribution in [0.3, 0.4) is 0 Å². The quantitative estimate of drug-likeness (QED) is 0.609. The zero-order valence-electron chi connectivity index (χ0n) is 9.25. The lowest BCUT2D eigenvalue weighted by Gasteiger charge is -2.04. The van der Waals surface area contributed by atoms with Crippen LogP contribution in [-0.4, -0.2) is 16.3 Å². The van der Waals surface area contributed by atoms with Crippen molar-refractivity contribution in [1.82, 2.24) is 9.97 Å². The first-order valence-electron chi connectivity index (χ1n) is 4.97. The van der Waals surface area contributed by atoms with Crippen molar-refractivity contribution in [1.29, 1.82) is 0 Å². The molecule has 0 N–H and O–H groups in total. The number of carbonyl (C=O) groups is 1. The van der Waals surface area contributed by atoms with Crippen molar-refractivity contribution in [3.05, 3.63) is 47.0 Å². The maximum atomic E-state index is 13.1. The fourth-order valence-corrected chi connectivity index (χ4v) is 1.47. The van der Waals surface area contributed by atoms with Gasteiger partial charge in [-0.3, -0.25) is 4.79 Å². The largest absolute Gasteiger partial charge is 0.296 e. The molecule has 0 atom stereocenters. The van der Waals surface area contributed by atoms with Crippen LogP contribution in [-0.2, 0) is 0 Å². The third-order valence-corrected chi connectivity index (χ3v) is 2.24. The molecule has 0 aliphatic rings. The van der Waals surface area contributed by atoms with Crippen molar-refractivity contribution in [3.8, 4) is 11.4 Å². The molecule has 3 nitrogen and oxygen atoms in total. The zero-order valence-corrected chi connectivity index (χ0v) is 9.25. The molecule has 0 aliphatic heterocycles. The van der Waals surface area contributed by atoms with Gasteiger partial charge in [0.1, 0.15) is 5.69 Å². The molecule has 0 amide bonds. The summed E-state index contributed by atoms with van der Waals surface area (Å²) < 4.78 is 38.9. The molecule has 0 radical (unpaired) electrons. The van der Waals surface area contributed by atoms with E-state index in [9.17, 15) is 18.0 Å². The van der Waals surface area contributed by atoms with E-state index in [1.807, 2.05) is 0 Å². The van der Waals surface area contributed by atoms with Gasteiger partial charge in [0.2, 0.25) is 0 Å². The molecule has 0 spiro atoms. The van der Waals surface area contributed by atoms with Crippen molar-refractivity contribution in [2.24, 2.45) is 0 Å². The second-order valence-electron chi connectivity index (χ2n) is 3.63. The van der Waals surface area contributed by atoms with Crippen LogP contribution in [0.25, 0.3) is 11.4 Å². The number of nitrogens with zero attached hydrogens (tertiary/aromatic N) is 2. The molecule has 1 aromatic carbocycles. The molecule has 0 bridgehead atoms. The summed E-state index contributed by atoms with van der Waals surface area (Å²) >= 11 is 0. The van der Waals surface area contributed by atoms with Gasteiger partial charge in [-0.15, -0.1) is 0 Å². The third-order valence-electron chi connectivity index (χ3n) is 2.24. The molecule has 1 heterocycles. The van der Waals surface area contributed by atoms with Crippen LogP contribution >= 0.6 is 0 Å². The minimum absolute atomic E-state index is 0.0294. The van der Waals surface area contributed by atoms with Gasteiger partial charge in [-0.25, -0.2) is 23.1 Å². The van der Waals surface area contributed by atoms with Crippen LogP contribution in [0.4, 0.5) is 13.2 Å². The first kappa shape index (κ1) is 12.2. The standard InChI is InChI=1S/C12H7F3N2O/c1-6-2-8(5-18)17-12(16-6)7-3-9(13)11(15)10(14)4-7/h2-5H,1H3. The van der Waals surface area contributed by atoms with Crippen LogP contribution in [0.15, 0.2) is 18.2 Å². The molecular weight excluding hydrogens is 245 g/mol. The van der Waals surface area contributed by atoms with E-state index in [1.54, 1.807) is 6.92 Å². The number of halogens is 3. The van der Waals surface area contributed by atoms with Crippen LogP contribution in [0, 0.1) is 24.4 Å². The third kappa shape index (κ3) is 2.22. The molecule has 2 aromatic rings. The lowest BCUT2D eigenvalue weighted by molar-refractivity contribution is 0.111. The number of benzene rings is 1. The molecule has 18 heavy (non-hydrogen) atoms. The van der Waals surface area contributed by atoms with Crippen molar-refractivity contribution in [3.63, 3.8) is 0 Å². The van der Waals surface area contributed by atoms with Crippen LogP contribution < -0.4 is 0 Å². The van der Waals surface area contributed by atoms with Crippen LogP contribution in [0.1, 0.15) is 16.2 Å². The fourth-order valence-electron chi connectivity index (χ4n) is 1.47. The fraction of sp³-hybridized carbons (Fsp3) is 0.0833. The van der Waals surface area contributed by atoms with Gasteiger partial charge in [0.05, 0.1) is 0 Å². The Bertz CT molecular complexity index is 606. The topological polar surface area (TPSA) is 42.9 Å². The second kappa shape index (κ2) is 4.56. The Kier molecular flexibility index (Phi) is 3.10. The predicted molar refractivity (Wildman–Crippen MR) is 57.5 cm³/mol. The lowest BCUT2D eigenvalue weighted by Crippen LogP contribution is -1.99. The molecule has 6 heteroatoms. The van der Waals surface area contributed by atoms with Crippen molar-refractivity contribution >= 4 is 6.29 Å². The number of aldehydes is 1. The molecule has 92 valence electrons. The highest BCUT2D eigenvalue weighted by Crippen LogP contribution is 2.21. The summed E-state index contributed by atoms with van der Waals surface area (Å²) in [5, 5.41) is 0. The minimum atomic E-state index is -1.55. The monoisotopic (exact) mass is 252 g/mol. The molecule has 0 fully saturated rings. The molecule has 0 saturated carbocycles. The Morgan fingerprint density at radius 1 is 1.06 bits per heavy atom. The van der Waals surface area contributed by atoms with Gasteiger partial charge >= 0.3 is 0 Å². The van der Waals surface area contributed by atoms with E-state index in [-0.39, 0.29) is 17.1 Å². The SMILES string of the molecule is Cc1cc(C=O)nc(-c2cc(F)c(F)c(F)c2)n1. The predicted octanol–water partition coefficient (Wildman–Crippen LogP) is 2.68. The normalized spacial score (nSPS) is 10.4. The maximum absolute atomic E-state index is 13.1. The van der Waals surface area contributed by atoms with Crippen LogP contribution in [0.2, 0.25) is 0 Å². The summed E-state index contributed by atoms with van der Waals surface area (Å²) in [7, 11) is 0. The molecule has 0 aliphatic carbocycles. The number of carbonyl (C=O) groups excluding carboxylic acids is 1. The summed E-state index contributed by atoms with van der Waals surface area (Å²) in [5.74, 6) is -4.25. The summed E-state index contributed by atoms with van der Waals surface area (Å²) in [5.41, 5.74) is 0.521. The molecule has 2 rings (SSSR count). The Labute approximate surface area is 100 Å². The second-order valence-corrected chi connectivity index (χ2v) is 3.63.